The Bertz CT molecular complexity index is 330. The van der Waals surface area contributed by atoms with Crippen molar-refractivity contribution < 1.29 is 9.13 Å². The molecule has 0 unspecified atom stereocenters. The molecule has 0 aliphatic carbocycles. The molecule has 0 aliphatic rings. The molecule has 0 saturated carbocycles. The van der Waals surface area contributed by atoms with Crippen LogP contribution < -0.4 is 10.5 Å². The molecule has 0 heterocycles. The van der Waals surface area contributed by atoms with Gasteiger partial charge in [-0.1, -0.05) is 12.1 Å². The van der Waals surface area contributed by atoms with Gasteiger partial charge in [0.2, 0.25) is 0 Å². The normalized spacial score (nSPS) is 11.4. The summed E-state index contributed by atoms with van der Waals surface area (Å²) in [6.07, 6.45) is 2.35. The maximum atomic E-state index is 13.2. The molecule has 2 nitrogen and oxygen atoms in total. The molecule has 2 N–H and O–H groups in total. The fourth-order valence-electron chi connectivity index (χ4n) is 1.23. The summed E-state index contributed by atoms with van der Waals surface area (Å²) in [5, 5.41) is 0. The maximum absolute atomic E-state index is 13.2. The van der Waals surface area contributed by atoms with E-state index in [9.17, 15) is 4.39 Å². The number of hydrogen-bond donors (Lipinski definition) is 1. The Balaban J connectivity index is 0.00000196. The van der Waals surface area contributed by atoms with Gasteiger partial charge in [-0.2, -0.15) is 0 Å². The van der Waals surface area contributed by atoms with Crippen LogP contribution in [0.25, 0.3) is 0 Å². The Labute approximate surface area is 95.3 Å². The van der Waals surface area contributed by atoms with Gasteiger partial charge in [-0.05, 0) is 24.1 Å². The smallest absolute Gasteiger partial charge is 0.165 e. The molecular weight excluding hydrogens is 217 g/mol. The molecular formula is C11H15ClFNO. The summed E-state index contributed by atoms with van der Waals surface area (Å²) in [5.74, 6) is -0.149. The molecule has 0 radical (unpaired) electrons. The van der Waals surface area contributed by atoms with Crippen LogP contribution in [0.3, 0.4) is 0 Å². The fraction of sp³-hybridized carbons (Fsp3) is 0.273. The molecule has 1 aromatic carbocycles. The Morgan fingerprint density at radius 3 is 2.73 bits per heavy atom. The highest BCUT2D eigenvalue weighted by Gasteiger charge is 2.08. The van der Waals surface area contributed by atoms with Gasteiger partial charge in [0.25, 0.3) is 0 Å². The molecule has 1 aromatic rings. The summed E-state index contributed by atoms with van der Waals surface area (Å²) in [4.78, 5) is 0. The average Bonchev–Trinajstić information content (AvgIpc) is 2.18. The SMILES string of the molecule is C=CC[C@@H](N)c1ccc(OC)c(F)c1.Cl. The lowest BCUT2D eigenvalue weighted by Gasteiger charge is -2.10. The molecule has 0 aliphatic heterocycles. The van der Waals surface area contributed by atoms with Crippen molar-refractivity contribution in [2.75, 3.05) is 7.11 Å². The van der Waals surface area contributed by atoms with E-state index in [2.05, 4.69) is 6.58 Å². The Hall–Kier alpha value is -1.06. The van der Waals surface area contributed by atoms with Crippen LogP contribution in [0.2, 0.25) is 0 Å². The molecule has 0 bridgehead atoms. The van der Waals surface area contributed by atoms with Crippen LogP contribution in [0.4, 0.5) is 4.39 Å². The second-order valence-electron chi connectivity index (χ2n) is 3.02. The first-order chi connectivity index (χ1) is 6.69. The van der Waals surface area contributed by atoms with E-state index in [-0.39, 0.29) is 30.0 Å². The molecule has 1 atom stereocenters. The Morgan fingerprint density at radius 1 is 1.60 bits per heavy atom. The van der Waals surface area contributed by atoms with E-state index < -0.39 is 0 Å². The highest BCUT2D eigenvalue weighted by molar-refractivity contribution is 5.85. The summed E-state index contributed by atoms with van der Waals surface area (Å²) in [5.41, 5.74) is 6.54. The second-order valence-corrected chi connectivity index (χ2v) is 3.02. The van der Waals surface area contributed by atoms with E-state index in [0.29, 0.717) is 6.42 Å². The number of nitrogens with two attached hydrogens (primary N) is 1. The van der Waals surface area contributed by atoms with Gasteiger partial charge in [0.15, 0.2) is 11.6 Å². The van der Waals surface area contributed by atoms with Gasteiger partial charge in [0.1, 0.15) is 0 Å². The predicted molar refractivity (Wildman–Crippen MR) is 61.9 cm³/mol. The number of ether oxygens (including phenoxy) is 1. The topological polar surface area (TPSA) is 35.2 Å². The second kappa shape index (κ2) is 6.43. The van der Waals surface area contributed by atoms with E-state index in [1.54, 1.807) is 18.2 Å². The summed E-state index contributed by atoms with van der Waals surface area (Å²) in [6, 6.07) is 4.53. The summed E-state index contributed by atoms with van der Waals surface area (Å²) in [7, 11) is 1.43. The van der Waals surface area contributed by atoms with Gasteiger partial charge in [-0.15, -0.1) is 19.0 Å². The zero-order valence-corrected chi connectivity index (χ0v) is 9.39. The number of rotatable bonds is 4. The first-order valence-electron chi connectivity index (χ1n) is 4.39. The van der Waals surface area contributed by atoms with Crippen LogP contribution in [-0.2, 0) is 0 Å². The quantitative estimate of drug-likeness (QED) is 0.809. The third-order valence-corrected chi connectivity index (χ3v) is 2.02. The van der Waals surface area contributed by atoms with Crippen molar-refractivity contribution in [1.82, 2.24) is 0 Å². The highest BCUT2D eigenvalue weighted by Crippen LogP contribution is 2.22. The Morgan fingerprint density at radius 2 is 2.27 bits per heavy atom. The third-order valence-electron chi connectivity index (χ3n) is 2.02. The van der Waals surface area contributed by atoms with E-state index in [4.69, 9.17) is 10.5 Å². The van der Waals surface area contributed by atoms with Gasteiger partial charge in [-0.3, -0.25) is 0 Å². The van der Waals surface area contributed by atoms with Crippen LogP contribution in [0, 0.1) is 5.82 Å². The molecule has 0 spiro atoms. The summed E-state index contributed by atoms with van der Waals surface area (Å²) >= 11 is 0. The maximum Gasteiger partial charge on any atom is 0.165 e. The van der Waals surface area contributed by atoms with Crippen LogP contribution in [-0.4, -0.2) is 7.11 Å². The first kappa shape index (κ1) is 13.9. The van der Waals surface area contributed by atoms with Gasteiger partial charge in [0, 0.05) is 6.04 Å². The molecule has 4 heteroatoms. The number of methoxy groups -OCH3 is 1. The van der Waals surface area contributed by atoms with E-state index in [1.807, 2.05) is 0 Å². The molecule has 0 amide bonds. The molecule has 0 aromatic heterocycles. The standard InChI is InChI=1S/C11H14FNO.ClH/c1-3-4-10(13)8-5-6-11(14-2)9(12)7-8;/h3,5-7,10H,1,4,13H2,2H3;1H/t10-;/m1./s1. The van der Waals surface area contributed by atoms with Crippen LogP contribution in [0.1, 0.15) is 18.0 Å². The van der Waals surface area contributed by atoms with Gasteiger partial charge in [0.05, 0.1) is 7.11 Å². The molecule has 0 saturated heterocycles. The first-order valence-corrected chi connectivity index (χ1v) is 4.39. The fourth-order valence-corrected chi connectivity index (χ4v) is 1.23. The zero-order valence-electron chi connectivity index (χ0n) is 8.57. The third kappa shape index (κ3) is 3.53. The van der Waals surface area contributed by atoms with Gasteiger partial charge < -0.3 is 10.5 Å². The lowest BCUT2D eigenvalue weighted by Crippen LogP contribution is -2.09. The molecule has 1 rings (SSSR count). The van der Waals surface area contributed by atoms with Crippen molar-refractivity contribution in [3.05, 3.63) is 42.2 Å². The molecule has 84 valence electrons. The van der Waals surface area contributed by atoms with E-state index in [1.165, 1.54) is 13.2 Å². The average molecular weight is 232 g/mol. The van der Waals surface area contributed by atoms with Crippen molar-refractivity contribution in [1.29, 1.82) is 0 Å². The van der Waals surface area contributed by atoms with E-state index in [0.717, 1.165) is 5.56 Å². The van der Waals surface area contributed by atoms with Gasteiger partial charge in [-0.25, -0.2) is 4.39 Å². The minimum absolute atomic E-state index is 0. The Kier molecular flexibility index (Phi) is 5.97. The van der Waals surface area contributed by atoms with Crippen molar-refractivity contribution in [3.8, 4) is 5.75 Å². The lowest BCUT2D eigenvalue weighted by molar-refractivity contribution is 0.386. The van der Waals surface area contributed by atoms with Gasteiger partial charge >= 0.3 is 0 Å². The molecule has 15 heavy (non-hydrogen) atoms. The lowest BCUT2D eigenvalue weighted by atomic mass is 10.0. The minimum Gasteiger partial charge on any atom is -0.494 e. The van der Waals surface area contributed by atoms with Crippen LogP contribution in [0.5, 0.6) is 5.75 Å². The predicted octanol–water partition coefficient (Wildman–Crippen LogP) is 2.83. The monoisotopic (exact) mass is 231 g/mol. The van der Waals surface area contributed by atoms with Crippen LogP contribution >= 0.6 is 12.4 Å². The number of hydrogen-bond acceptors (Lipinski definition) is 2. The highest BCUT2D eigenvalue weighted by atomic mass is 35.5. The van der Waals surface area contributed by atoms with Crippen LogP contribution in [0.15, 0.2) is 30.9 Å². The summed E-state index contributed by atoms with van der Waals surface area (Å²) in [6.45, 7) is 3.58. The molecule has 0 fully saturated rings. The van der Waals surface area contributed by atoms with Crippen molar-refractivity contribution in [2.45, 2.75) is 12.5 Å². The number of halogens is 2. The van der Waals surface area contributed by atoms with Crippen molar-refractivity contribution in [2.24, 2.45) is 5.73 Å². The zero-order chi connectivity index (χ0) is 10.6. The summed E-state index contributed by atoms with van der Waals surface area (Å²) < 4.78 is 18.0. The van der Waals surface area contributed by atoms with Crippen molar-refractivity contribution >= 4 is 12.4 Å². The largest absolute Gasteiger partial charge is 0.494 e. The van der Waals surface area contributed by atoms with E-state index >= 15 is 0 Å². The number of benzene rings is 1. The minimum atomic E-state index is -0.385. The van der Waals surface area contributed by atoms with Crippen molar-refractivity contribution in [3.63, 3.8) is 0 Å².